The van der Waals surface area contributed by atoms with E-state index in [4.69, 9.17) is 0 Å². The van der Waals surface area contributed by atoms with E-state index in [0.717, 1.165) is 37.9 Å². The van der Waals surface area contributed by atoms with Crippen LogP contribution < -0.4 is 5.32 Å². The molecule has 2 unspecified atom stereocenters. The summed E-state index contributed by atoms with van der Waals surface area (Å²) in [5.74, 6) is 1.92. The van der Waals surface area contributed by atoms with Crippen LogP contribution in [0, 0.1) is 11.8 Å². The Morgan fingerprint density at radius 1 is 1.61 bits per heavy atom. The molecule has 0 radical (unpaired) electrons. The molecule has 4 heteroatoms. The molecule has 0 saturated heterocycles. The van der Waals surface area contributed by atoms with Gasteiger partial charge in [0, 0.05) is 18.0 Å². The molecular formula is C14H20N2OS. The van der Waals surface area contributed by atoms with Gasteiger partial charge in [0.2, 0.25) is 5.91 Å². The zero-order valence-corrected chi connectivity index (χ0v) is 11.6. The van der Waals surface area contributed by atoms with E-state index < -0.39 is 0 Å². The third-order valence-electron chi connectivity index (χ3n) is 4.12. The molecule has 1 N–H and O–H groups in total. The van der Waals surface area contributed by atoms with E-state index in [1.165, 1.54) is 16.9 Å². The van der Waals surface area contributed by atoms with Gasteiger partial charge in [-0.3, -0.25) is 4.79 Å². The van der Waals surface area contributed by atoms with Crippen LogP contribution in [0.5, 0.6) is 0 Å². The lowest BCUT2D eigenvalue weighted by Gasteiger charge is -2.27. The third kappa shape index (κ3) is 2.59. The van der Waals surface area contributed by atoms with Gasteiger partial charge in [-0.1, -0.05) is 6.92 Å². The van der Waals surface area contributed by atoms with Crippen molar-refractivity contribution in [2.45, 2.75) is 26.3 Å². The fourth-order valence-corrected chi connectivity index (χ4v) is 3.51. The lowest BCUT2D eigenvalue weighted by Crippen LogP contribution is -2.41. The number of nitrogens with one attached hydrogen (secondary N) is 1. The molecule has 2 atom stereocenters. The van der Waals surface area contributed by atoms with Crippen LogP contribution in [0.25, 0.3) is 0 Å². The lowest BCUT2D eigenvalue weighted by atomic mass is 10.1. The molecule has 1 aromatic heterocycles. The fourth-order valence-electron chi connectivity index (χ4n) is 2.62. The van der Waals surface area contributed by atoms with E-state index in [2.05, 4.69) is 23.7 Å². The summed E-state index contributed by atoms with van der Waals surface area (Å²) >= 11 is 1.82. The van der Waals surface area contributed by atoms with E-state index in [9.17, 15) is 4.79 Å². The monoisotopic (exact) mass is 264 g/mol. The largest absolute Gasteiger partial charge is 0.337 e. The Kier molecular flexibility index (Phi) is 3.39. The van der Waals surface area contributed by atoms with Crippen LogP contribution in [0.2, 0.25) is 0 Å². The predicted molar refractivity (Wildman–Crippen MR) is 73.6 cm³/mol. The number of hydrogen-bond donors (Lipinski definition) is 1. The summed E-state index contributed by atoms with van der Waals surface area (Å²) in [6, 6.07) is 2.15. The van der Waals surface area contributed by atoms with Crippen LogP contribution in [0.4, 0.5) is 0 Å². The van der Waals surface area contributed by atoms with Gasteiger partial charge in [-0.2, -0.15) is 0 Å². The van der Waals surface area contributed by atoms with Crippen LogP contribution in [0.3, 0.4) is 0 Å². The van der Waals surface area contributed by atoms with Gasteiger partial charge in [-0.25, -0.2) is 0 Å². The van der Waals surface area contributed by atoms with Crippen molar-refractivity contribution in [2.24, 2.45) is 11.8 Å². The Hall–Kier alpha value is -0.870. The maximum atomic E-state index is 12.1. The normalized spacial score (nSPS) is 25.9. The summed E-state index contributed by atoms with van der Waals surface area (Å²) in [5.41, 5.74) is 1.34. The highest BCUT2D eigenvalue weighted by molar-refractivity contribution is 7.10. The Balaban J connectivity index is 1.45. The van der Waals surface area contributed by atoms with Crippen molar-refractivity contribution >= 4 is 17.2 Å². The molecule has 0 bridgehead atoms. The quantitative estimate of drug-likeness (QED) is 0.900. The Labute approximate surface area is 112 Å². The van der Waals surface area contributed by atoms with Gasteiger partial charge in [0.15, 0.2) is 0 Å². The molecule has 0 aromatic carbocycles. The van der Waals surface area contributed by atoms with Crippen LogP contribution in [0.15, 0.2) is 11.4 Å². The molecule has 1 aliphatic carbocycles. The van der Waals surface area contributed by atoms with E-state index >= 15 is 0 Å². The van der Waals surface area contributed by atoms with Crippen LogP contribution >= 0.6 is 11.3 Å². The summed E-state index contributed by atoms with van der Waals surface area (Å²) in [6.45, 7) is 5.47. The predicted octanol–water partition coefficient (Wildman–Crippen LogP) is 1.88. The first kappa shape index (κ1) is 12.2. The van der Waals surface area contributed by atoms with Crippen molar-refractivity contribution in [3.63, 3.8) is 0 Å². The molecule has 2 aliphatic rings. The number of carbonyl (C=O) groups is 1. The fraction of sp³-hybridized carbons (Fsp3) is 0.643. The van der Waals surface area contributed by atoms with Crippen LogP contribution in [-0.4, -0.2) is 30.4 Å². The number of amides is 1. The zero-order valence-electron chi connectivity index (χ0n) is 10.8. The average molecular weight is 264 g/mol. The lowest BCUT2D eigenvalue weighted by molar-refractivity contribution is -0.131. The minimum Gasteiger partial charge on any atom is -0.337 e. The summed E-state index contributed by atoms with van der Waals surface area (Å²) in [4.78, 5) is 15.5. The second kappa shape index (κ2) is 5.02. The first-order chi connectivity index (χ1) is 8.74. The molecule has 1 fully saturated rings. The molecule has 18 heavy (non-hydrogen) atoms. The van der Waals surface area contributed by atoms with E-state index in [-0.39, 0.29) is 5.91 Å². The molecule has 2 heterocycles. The van der Waals surface area contributed by atoms with Crippen molar-refractivity contribution < 1.29 is 4.79 Å². The van der Waals surface area contributed by atoms with E-state index in [0.29, 0.717) is 6.54 Å². The molecule has 1 aliphatic heterocycles. The number of rotatable bonds is 4. The maximum Gasteiger partial charge on any atom is 0.236 e. The number of carbonyl (C=O) groups excluding carboxylic acids is 1. The summed E-state index contributed by atoms with van der Waals surface area (Å²) in [6.07, 6.45) is 2.35. The van der Waals surface area contributed by atoms with Crippen molar-refractivity contribution in [3.05, 3.63) is 21.9 Å². The average Bonchev–Trinajstić information content (AvgIpc) is 2.90. The van der Waals surface area contributed by atoms with Crippen LogP contribution in [0.1, 0.15) is 23.8 Å². The molecule has 0 spiro atoms. The molecule has 1 aromatic rings. The minimum absolute atomic E-state index is 0.250. The Morgan fingerprint density at radius 2 is 2.44 bits per heavy atom. The third-order valence-corrected chi connectivity index (χ3v) is 5.14. The molecule has 1 saturated carbocycles. The first-order valence-corrected chi connectivity index (χ1v) is 7.65. The Morgan fingerprint density at radius 3 is 3.22 bits per heavy atom. The number of fused-ring (bicyclic) bond motifs is 1. The maximum absolute atomic E-state index is 12.1. The highest BCUT2D eigenvalue weighted by atomic mass is 32.1. The molecule has 3 nitrogen and oxygen atoms in total. The SMILES string of the molecule is CC1CC1CNCC(=O)N1CCc2sccc2C1. The van der Waals surface area contributed by atoms with Gasteiger partial charge in [0.05, 0.1) is 6.54 Å². The zero-order chi connectivity index (χ0) is 12.5. The van der Waals surface area contributed by atoms with Gasteiger partial charge in [-0.05, 0) is 48.2 Å². The van der Waals surface area contributed by atoms with Crippen LogP contribution in [-0.2, 0) is 17.8 Å². The van der Waals surface area contributed by atoms with E-state index in [1.807, 2.05) is 16.2 Å². The van der Waals surface area contributed by atoms with E-state index in [1.54, 1.807) is 0 Å². The van der Waals surface area contributed by atoms with Crippen molar-refractivity contribution in [1.29, 1.82) is 0 Å². The summed E-state index contributed by atoms with van der Waals surface area (Å²) in [7, 11) is 0. The smallest absolute Gasteiger partial charge is 0.236 e. The topological polar surface area (TPSA) is 32.3 Å². The second-order valence-corrected chi connectivity index (χ2v) is 6.54. The van der Waals surface area contributed by atoms with Gasteiger partial charge in [0.25, 0.3) is 0 Å². The number of thiophene rings is 1. The first-order valence-electron chi connectivity index (χ1n) is 6.78. The van der Waals surface area contributed by atoms with Gasteiger partial charge >= 0.3 is 0 Å². The van der Waals surface area contributed by atoms with Crippen molar-refractivity contribution in [2.75, 3.05) is 19.6 Å². The Bertz CT molecular complexity index is 443. The summed E-state index contributed by atoms with van der Waals surface area (Å²) in [5, 5.41) is 5.43. The molecule has 98 valence electrons. The van der Waals surface area contributed by atoms with Crippen molar-refractivity contribution in [3.8, 4) is 0 Å². The molecule has 3 rings (SSSR count). The molecular weight excluding hydrogens is 244 g/mol. The number of nitrogens with zero attached hydrogens (tertiary/aromatic N) is 1. The number of hydrogen-bond acceptors (Lipinski definition) is 3. The van der Waals surface area contributed by atoms with Gasteiger partial charge in [-0.15, -0.1) is 11.3 Å². The molecule has 1 amide bonds. The second-order valence-electron chi connectivity index (χ2n) is 5.54. The van der Waals surface area contributed by atoms with Gasteiger partial charge < -0.3 is 10.2 Å². The van der Waals surface area contributed by atoms with Gasteiger partial charge in [0.1, 0.15) is 0 Å². The highest BCUT2D eigenvalue weighted by Gasteiger charge is 2.32. The minimum atomic E-state index is 0.250. The standard InChI is InChI=1S/C14H20N2OS/c1-10-6-12(10)7-15-8-14(17)16-4-2-13-11(9-16)3-5-18-13/h3,5,10,12,15H,2,4,6-9H2,1H3. The summed E-state index contributed by atoms with van der Waals surface area (Å²) < 4.78 is 0. The van der Waals surface area contributed by atoms with Crippen molar-refractivity contribution in [1.82, 2.24) is 10.2 Å². The highest BCUT2D eigenvalue weighted by Crippen LogP contribution is 2.36.